The molecule has 4 nitrogen and oxygen atoms in total. The first-order valence-corrected chi connectivity index (χ1v) is 9.08. The van der Waals surface area contributed by atoms with Crippen LogP contribution in [0.4, 0.5) is 0 Å². The number of hydrogen-bond acceptors (Lipinski definition) is 3. The molecule has 4 heteroatoms. The fourth-order valence-electron chi connectivity index (χ4n) is 3.91. The zero-order valence-electron chi connectivity index (χ0n) is 14.0. The molecule has 1 amide bonds. The molecule has 0 aromatic heterocycles. The van der Waals surface area contributed by atoms with Crippen molar-refractivity contribution in [2.45, 2.75) is 57.5 Å². The number of carbonyl (C=O) groups is 1. The van der Waals surface area contributed by atoms with Gasteiger partial charge < -0.3 is 11.1 Å². The minimum atomic E-state index is 0.0792. The molecule has 3 rings (SSSR count). The van der Waals surface area contributed by atoms with Crippen LogP contribution in [-0.2, 0) is 24.2 Å². The molecule has 1 aliphatic heterocycles. The monoisotopic (exact) mass is 315 g/mol. The summed E-state index contributed by atoms with van der Waals surface area (Å²) >= 11 is 0. The summed E-state index contributed by atoms with van der Waals surface area (Å²) in [5.41, 5.74) is 9.95. The van der Waals surface area contributed by atoms with E-state index in [4.69, 9.17) is 5.73 Å². The van der Waals surface area contributed by atoms with Crippen LogP contribution in [-0.4, -0.2) is 36.5 Å². The maximum absolute atomic E-state index is 11.7. The minimum Gasteiger partial charge on any atom is -0.354 e. The highest BCUT2D eigenvalue weighted by molar-refractivity contribution is 5.76. The molecule has 0 spiro atoms. The first-order chi connectivity index (χ1) is 11.3. The number of hydrogen-bond donors (Lipinski definition) is 2. The van der Waals surface area contributed by atoms with E-state index in [1.165, 1.54) is 49.7 Å². The lowest BCUT2D eigenvalue weighted by Gasteiger charge is -2.36. The molecule has 0 bridgehead atoms. The molecule has 2 aliphatic rings. The number of rotatable bonds is 6. The number of carbonyl (C=O) groups excluding carboxylic acids is 1. The molecule has 1 aromatic carbocycles. The van der Waals surface area contributed by atoms with E-state index in [9.17, 15) is 4.79 Å². The highest BCUT2D eigenvalue weighted by Gasteiger charge is 2.23. The van der Waals surface area contributed by atoms with Gasteiger partial charge in [0.15, 0.2) is 0 Å². The van der Waals surface area contributed by atoms with Crippen LogP contribution in [0.25, 0.3) is 0 Å². The summed E-state index contributed by atoms with van der Waals surface area (Å²) < 4.78 is 0. The predicted molar refractivity (Wildman–Crippen MR) is 93.2 cm³/mol. The molecule has 0 saturated carbocycles. The SMILES string of the molecule is NCCC(=O)NCC1CCCCN1Cc1ccc2c(c1)CCC2. The van der Waals surface area contributed by atoms with Gasteiger partial charge in [-0.3, -0.25) is 9.69 Å². The quantitative estimate of drug-likeness (QED) is 0.844. The Morgan fingerprint density at radius 2 is 2.09 bits per heavy atom. The molecule has 1 heterocycles. The number of nitrogens with two attached hydrogens (primary N) is 1. The first kappa shape index (κ1) is 16.5. The fourth-order valence-corrected chi connectivity index (χ4v) is 3.91. The second-order valence-electron chi connectivity index (χ2n) is 6.92. The topological polar surface area (TPSA) is 58.4 Å². The van der Waals surface area contributed by atoms with Gasteiger partial charge in [0.25, 0.3) is 0 Å². The van der Waals surface area contributed by atoms with Crippen molar-refractivity contribution in [2.24, 2.45) is 5.73 Å². The van der Waals surface area contributed by atoms with Gasteiger partial charge in [0, 0.05) is 32.1 Å². The number of nitrogens with one attached hydrogen (secondary N) is 1. The third-order valence-electron chi connectivity index (χ3n) is 5.20. The van der Waals surface area contributed by atoms with Crippen LogP contribution < -0.4 is 11.1 Å². The number of nitrogens with zero attached hydrogens (tertiary/aromatic N) is 1. The lowest BCUT2D eigenvalue weighted by atomic mass is 10.00. The summed E-state index contributed by atoms with van der Waals surface area (Å²) in [6.45, 7) is 3.32. The average Bonchev–Trinajstić information content (AvgIpc) is 3.02. The van der Waals surface area contributed by atoms with Gasteiger partial charge in [0.2, 0.25) is 5.91 Å². The fraction of sp³-hybridized carbons (Fsp3) is 0.632. The van der Waals surface area contributed by atoms with E-state index in [0.717, 1.165) is 19.6 Å². The Kier molecular flexibility index (Phi) is 5.68. The Labute approximate surface area is 139 Å². The summed E-state index contributed by atoms with van der Waals surface area (Å²) in [5.74, 6) is 0.0792. The number of likely N-dealkylation sites (tertiary alicyclic amines) is 1. The highest BCUT2D eigenvalue weighted by Crippen LogP contribution is 2.25. The third-order valence-corrected chi connectivity index (χ3v) is 5.20. The maximum atomic E-state index is 11.7. The first-order valence-electron chi connectivity index (χ1n) is 9.08. The lowest BCUT2D eigenvalue weighted by molar-refractivity contribution is -0.121. The summed E-state index contributed by atoms with van der Waals surface area (Å²) in [6, 6.07) is 7.47. The summed E-state index contributed by atoms with van der Waals surface area (Å²) in [6.07, 6.45) is 7.91. The summed E-state index contributed by atoms with van der Waals surface area (Å²) in [7, 11) is 0. The number of piperidine rings is 1. The Hall–Kier alpha value is -1.39. The number of amides is 1. The van der Waals surface area contributed by atoms with E-state index in [1.807, 2.05) is 0 Å². The molecule has 1 aliphatic carbocycles. The van der Waals surface area contributed by atoms with Gasteiger partial charge in [-0.25, -0.2) is 0 Å². The van der Waals surface area contributed by atoms with Crippen molar-refractivity contribution in [1.82, 2.24) is 10.2 Å². The molecule has 0 radical (unpaired) electrons. The van der Waals surface area contributed by atoms with Gasteiger partial charge in [-0.2, -0.15) is 0 Å². The zero-order valence-corrected chi connectivity index (χ0v) is 14.0. The number of fused-ring (bicyclic) bond motifs is 1. The lowest BCUT2D eigenvalue weighted by Crippen LogP contribution is -2.46. The van der Waals surface area contributed by atoms with Crippen LogP contribution in [0, 0.1) is 0 Å². The molecule has 1 unspecified atom stereocenters. The normalized spacial score (nSPS) is 21.2. The van der Waals surface area contributed by atoms with Crippen molar-refractivity contribution in [3.8, 4) is 0 Å². The van der Waals surface area contributed by atoms with Crippen LogP contribution in [0.1, 0.15) is 48.8 Å². The highest BCUT2D eigenvalue weighted by atomic mass is 16.1. The Morgan fingerprint density at radius 1 is 1.22 bits per heavy atom. The van der Waals surface area contributed by atoms with E-state index in [-0.39, 0.29) is 5.91 Å². The number of benzene rings is 1. The molecular formula is C19H29N3O. The van der Waals surface area contributed by atoms with Crippen molar-refractivity contribution < 1.29 is 4.79 Å². The molecule has 3 N–H and O–H groups in total. The zero-order chi connectivity index (χ0) is 16.1. The number of aryl methyl sites for hydroxylation is 2. The van der Waals surface area contributed by atoms with E-state index in [2.05, 4.69) is 28.4 Å². The van der Waals surface area contributed by atoms with Gasteiger partial charge in [0.1, 0.15) is 0 Å². The largest absolute Gasteiger partial charge is 0.354 e. The van der Waals surface area contributed by atoms with Crippen molar-refractivity contribution >= 4 is 5.91 Å². The second-order valence-corrected chi connectivity index (χ2v) is 6.92. The Bertz CT molecular complexity index is 543. The van der Waals surface area contributed by atoms with Crippen LogP contribution in [0.15, 0.2) is 18.2 Å². The predicted octanol–water partition coefficient (Wildman–Crippen LogP) is 1.99. The Balaban J connectivity index is 1.59. The van der Waals surface area contributed by atoms with Gasteiger partial charge in [-0.15, -0.1) is 0 Å². The van der Waals surface area contributed by atoms with Crippen LogP contribution in [0.5, 0.6) is 0 Å². The van der Waals surface area contributed by atoms with Crippen molar-refractivity contribution in [3.63, 3.8) is 0 Å². The van der Waals surface area contributed by atoms with Crippen LogP contribution in [0.2, 0.25) is 0 Å². The minimum absolute atomic E-state index is 0.0792. The molecule has 126 valence electrons. The second kappa shape index (κ2) is 7.93. The summed E-state index contributed by atoms with van der Waals surface area (Å²) in [5, 5.41) is 3.05. The van der Waals surface area contributed by atoms with Crippen molar-refractivity contribution in [1.29, 1.82) is 0 Å². The van der Waals surface area contributed by atoms with E-state index < -0.39 is 0 Å². The van der Waals surface area contributed by atoms with Crippen molar-refractivity contribution in [3.05, 3.63) is 34.9 Å². The van der Waals surface area contributed by atoms with Crippen LogP contribution >= 0.6 is 0 Å². The molecule has 1 aromatic rings. The van der Waals surface area contributed by atoms with E-state index >= 15 is 0 Å². The van der Waals surface area contributed by atoms with Gasteiger partial charge >= 0.3 is 0 Å². The average molecular weight is 315 g/mol. The van der Waals surface area contributed by atoms with E-state index in [1.54, 1.807) is 5.56 Å². The Morgan fingerprint density at radius 3 is 2.96 bits per heavy atom. The molecular weight excluding hydrogens is 286 g/mol. The van der Waals surface area contributed by atoms with Gasteiger partial charge in [-0.1, -0.05) is 24.6 Å². The molecule has 1 saturated heterocycles. The van der Waals surface area contributed by atoms with Crippen molar-refractivity contribution in [2.75, 3.05) is 19.6 Å². The molecule has 1 atom stereocenters. The smallest absolute Gasteiger partial charge is 0.221 e. The van der Waals surface area contributed by atoms with Gasteiger partial charge in [-0.05, 0) is 55.3 Å². The maximum Gasteiger partial charge on any atom is 0.221 e. The molecule has 1 fully saturated rings. The van der Waals surface area contributed by atoms with Crippen LogP contribution in [0.3, 0.4) is 0 Å². The molecule has 23 heavy (non-hydrogen) atoms. The van der Waals surface area contributed by atoms with Gasteiger partial charge in [0.05, 0.1) is 0 Å². The standard InChI is InChI=1S/C19H29N3O/c20-10-9-19(23)21-13-18-6-1-2-11-22(18)14-15-7-8-16-4-3-5-17(16)12-15/h7-8,12,18H,1-6,9-11,13-14,20H2,(H,21,23). The van der Waals surface area contributed by atoms with E-state index in [0.29, 0.717) is 19.0 Å². The summed E-state index contributed by atoms with van der Waals surface area (Å²) in [4.78, 5) is 14.2. The third kappa shape index (κ3) is 4.33.